The van der Waals surface area contributed by atoms with Crippen molar-refractivity contribution >= 4 is 28.8 Å². The third-order valence-electron chi connectivity index (χ3n) is 2.18. The normalized spacial score (nSPS) is 11.5. The largest absolute Gasteiger partial charge is 0.487 e. The van der Waals surface area contributed by atoms with Gasteiger partial charge in [-0.2, -0.15) is 0 Å². The van der Waals surface area contributed by atoms with E-state index in [0.717, 1.165) is 4.88 Å². The number of benzene rings is 1. The second-order valence-corrected chi connectivity index (χ2v) is 4.79. The van der Waals surface area contributed by atoms with E-state index in [1.54, 1.807) is 29.9 Å². The van der Waals surface area contributed by atoms with Crippen LogP contribution in [0, 0.1) is 0 Å². The first-order valence-corrected chi connectivity index (χ1v) is 6.24. The summed E-state index contributed by atoms with van der Waals surface area (Å²) in [7, 11) is 0. The summed E-state index contributed by atoms with van der Waals surface area (Å²) in [6, 6.07) is 4.91. The number of nitrogens with zero attached hydrogens (tertiary/aromatic N) is 2. The van der Waals surface area contributed by atoms with Crippen LogP contribution in [0.3, 0.4) is 0 Å². The summed E-state index contributed by atoms with van der Waals surface area (Å²) in [5, 5.41) is 12.2. The summed E-state index contributed by atoms with van der Waals surface area (Å²) in [5.74, 6) is 0.442. The van der Waals surface area contributed by atoms with Crippen LogP contribution in [0.2, 0.25) is 5.02 Å². The van der Waals surface area contributed by atoms with Crippen LogP contribution in [0.1, 0.15) is 10.4 Å². The average molecular weight is 284 g/mol. The summed E-state index contributed by atoms with van der Waals surface area (Å²) in [4.78, 5) is 4.92. The van der Waals surface area contributed by atoms with Gasteiger partial charge in [0.25, 0.3) is 0 Å². The zero-order valence-corrected chi connectivity index (χ0v) is 10.8. The lowest BCUT2D eigenvalue weighted by molar-refractivity contribution is 0.306. The number of hydrogen-bond donors (Lipinski definition) is 2. The molecule has 7 heteroatoms. The van der Waals surface area contributed by atoms with Crippen molar-refractivity contribution in [3.05, 3.63) is 45.4 Å². The highest BCUT2D eigenvalue weighted by Gasteiger charge is 2.09. The van der Waals surface area contributed by atoms with Gasteiger partial charge < -0.3 is 15.7 Å². The Morgan fingerprint density at radius 3 is 3.06 bits per heavy atom. The first-order valence-electron chi connectivity index (χ1n) is 4.98. The molecule has 5 nitrogen and oxygen atoms in total. The molecule has 0 amide bonds. The van der Waals surface area contributed by atoms with E-state index < -0.39 is 0 Å². The Morgan fingerprint density at radius 2 is 2.39 bits per heavy atom. The zero-order valence-electron chi connectivity index (χ0n) is 9.21. The molecule has 0 unspecified atom stereocenters. The smallest absolute Gasteiger partial charge is 0.173 e. The summed E-state index contributed by atoms with van der Waals surface area (Å²) >= 11 is 7.38. The van der Waals surface area contributed by atoms with Gasteiger partial charge in [0.05, 0.1) is 16.0 Å². The molecular weight excluding hydrogens is 274 g/mol. The molecule has 0 bridgehead atoms. The Balaban J connectivity index is 2.22. The number of nitrogens with two attached hydrogens (primary N) is 1. The van der Waals surface area contributed by atoms with E-state index in [0.29, 0.717) is 22.9 Å². The van der Waals surface area contributed by atoms with Crippen LogP contribution >= 0.6 is 22.9 Å². The van der Waals surface area contributed by atoms with Crippen molar-refractivity contribution in [3.8, 4) is 5.75 Å². The number of oxime groups is 1. The molecule has 94 valence electrons. The Labute approximate surface area is 112 Å². The lowest BCUT2D eigenvalue weighted by Gasteiger charge is -2.10. The lowest BCUT2D eigenvalue weighted by Crippen LogP contribution is -2.14. The number of thiazole rings is 1. The number of ether oxygens (including phenoxy) is 1. The van der Waals surface area contributed by atoms with E-state index in [4.69, 9.17) is 27.3 Å². The molecule has 1 heterocycles. The van der Waals surface area contributed by atoms with Gasteiger partial charge in [-0.1, -0.05) is 16.8 Å². The Kier molecular flexibility index (Phi) is 4.01. The Morgan fingerprint density at radius 1 is 1.56 bits per heavy atom. The molecule has 2 rings (SSSR count). The average Bonchev–Trinajstić information content (AvgIpc) is 2.88. The van der Waals surface area contributed by atoms with Crippen LogP contribution in [0.15, 0.2) is 35.1 Å². The van der Waals surface area contributed by atoms with E-state index in [9.17, 15) is 0 Å². The van der Waals surface area contributed by atoms with Gasteiger partial charge in [0, 0.05) is 11.2 Å². The van der Waals surface area contributed by atoms with Gasteiger partial charge in [-0.3, -0.25) is 4.98 Å². The number of amidine groups is 1. The quantitative estimate of drug-likeness (QED) is 0.391. The van der Waals surface area contributed by atoms with Crippen molar-refractivity contribution < 1.29 is 9.94 Å². The summed E-state index contributed by atoms with van der Waals surface area (Å²) in [5.41, 5.74) is 7.78. The first-order chi connectivity index (χ1) is 8.70. The van der Waals surface area contributed by atoms with Crippen molar-refractivity contribution in [2.75, 3.05) is 0 Å². The lowest BCUT2D eigenvalue weighted by atomic mass is 10.2. The van der Waals surface area contributed by atoms with Crippen LogP contribution in [-0.2, 0) is 6.61 Å². The molecular formula is C11H10ClN3O2S. The number of aromatic nitrogens is 1. The molecule has 0 aliphatic carbocycles. The van der Waals surface area contributed by atoms with Crippen LogP contribution < -0.4 is 10.5 Å². The fraction of sp³-hybridized carbons (Fsp3) is 0.0909. The molecule has 0 fully saturated rings. The van der Waals surface area contributed by atoms with Crippen molar-refractivity contribution in [2.45, 2.75) is 6.61 Å². The van der Waals surface area contributed by atoms with Crippen molar-refractivity contribution in [3.63, 3.8) is 0 Å². The Hall–Kier alpha value is -1.79. The van der Waals surface area contributed by atoms with Crippen LogP contribution in [-0.4, -0.2) is 16.0 Å². The molecule has 0 aliphatic heterocycles. The third-order valence-corrected chi connectivity index (χ3v) is 3.17. The van der Waals surface area contributed by atoms with Gasteiger partial charge in [0.2, 0.25) is 0 Å². The standard InChI is InChI=1S/C11H10ClN3O2S/c12-7-1-2-9(11(13)15-16)10(3-7)17-5-8-4-14-6-18-8/h1-4,6,16H,5H2,(H2,13,15). The minimum Gasteiger partial charge on any atom is -0.487 e. The van der Waals surface area contributed by atoms with Crippen LogP contribution in [0.4, 0.5) is 0 Å². The molecule has 1 aromatic carbocycles. The highest BCUT2D eigenvalue weighted by Crippen LogP contribution is 2.24. The molecule has 1 aromatic heterocycles. The molecule has 0 aliphatic rings. The number of halogens is 1. The fourth-order valence-electron chi connectivity index (χ4n) is 1.34. The first kappa shape index (κ1) is 12.7. The summed E-state index contributed by atoms with van der Waals surface area (Å²) < 4.78 is 5.60. The van der Waals surface area contributed by atoms with Gasteiger partial charge in [-0.25, -0.2) is 0 Å². The SMILES string of the molecule is N/C(=N/O)c1ccc(Cl)cc1OCc1cncs1. The predicted octanol–water partition coefficient (Wildman–Crippen LogP) is 2.47. The molecule has 0 saturated heterocycles. The zero-order chi connectivity index (χ0) is 13.0. The highest BCUT2D eigenvalue weighted by atomic mass is 35.5. The minimum absolute atomic E-state index is 0.0222. The Bertz CT molecular complexity index is 557. The predicted molar refractivity (Wildman–Crippen MR) is 70.4 cm³/mol. The van der Waals surface area contributed by atoms with E-state index in [1.807, 2.05) is 0 Å². The molecule has 18 heavy (non-hydrogen) atoms. The van der Waals surface area contributed by atoms with Gasteiger partial charge >= 0.3 is 0 Å². The maximum Gasteiger partial charge on any atom is 0.173 e. The number of rotatable bonds is 4. The van der Waals surface area contributed by atoms with Crippen molar-refractivity contribution in [1.82, 2.24) is 4.98 Å². The van der Waals surface area contributed by atoms with E-state index in [1.165, 1.54) is 11.3 Å². The fourth-order valence-corrected chi connectivity index (χ4v) is 2.01. The monoisotopic (exact) mass is 283 g/mol. The topological polar surface area (TPSA) is 80.7 Å². The molecule has 3 N–H and O–H groups in total. The summed E-state index contributed by atoms with van der Waals surface area (Å²) in [6.07, 6.45) is 1.72. The molecule has 0 spiro atoms. The molecule has 2 aromatic rings. The number of hydrogen-bond acceptors (Lipinski definition) is 5. The molecule has 0 atom stereocenters. The van der Waals surface area contributed by atoms with E-state index >= 15 is 0 Å². The van der Waals surface area contributed by atoms with Crippen LogP contribution in [0.25, 0.3) is 0 Å². The van der Waals surface area contributed by atoms with E-state index in [2.05, 4.69) is 10.1 Å². The van der Waals surface area contributed by atoms with Crippen molar-refractivity contribution in [1.29, 1.82) is 0 Å². The van der Waals surface area contributed by atoms with Gasteiger partial charge in [0.1, 0.15) is 12.4 Å². The second kappa shape index (κ2) is 5.70. The van der Waals surface area contributed by atoms with Crippen molar-refractivity contribution in [2.24, 2.45) is 10.9 Å². The molecule has 0 saturated carbocycles. The van der Waals surface area contributed by atoms with Gasteiger partial charge in [0.15, 0.2) is 5.84 Å². The maximum absolute atomic E-state index is 8.70. The van der Waals surface area contributed by atoms with Gasteiger partial charge in [-0.05, 0) is 18.2 Å². The molecule has 0 radical (unpaired) electrons. The second-order valence-electron chi connectivity index (χ2n) is 3.38. The summed E-state index contributed by atoms with van der Waals surface area (Å²) in [6.45, 7) is 0.358. The van der Waals surface area contributed by atoms with Gasteiger partial charge in [-0.15, -0.1) is 11.3 Å². The maximum atomic E-state index is 8.70. The third kappa shape index (κ3) is 2.91. The van der Waals surface area contributed by atoms with Crippen LogP contribution in [0.5, 0.6) is 5.75 Å². The van der Waals surface area contributed by atoms with E-state index in [-0.39, 0.29) is 5.84 Å². The highest BCUT2D eigenvalue weighted by molar-refractivity contribution is 7.09. The minimum atomic E-state index is -0.0222.